The molecule has 27 heavy (non-hydrogen) atoms. The molecule has 1 amide bonds. The van der Waals surface area contributed by atoms with E-state index < -0.39 is 0 Å². The third kappa shape index (κ3) is 5.23. The third-order valence-electron chi connectivity index (χ3n) is 4.96. The molecule has 0 aromatic heterocycles. The third-order valence-corrected chi connectivity index (χ3v) is 4.96. The summed E-state index contributed by atoms with van der Waals surface area (Å²) in [5.41, 5.74) is 2.49. The first-order valence-electron chi connectivity index (χ1n) is 9.50. The van der Waals surface area contributed by atoms with E-state index >= 15 is 0 Å². The van der Waals surface area contributed by atoms with Crippen LogP contribution in [0.15, 0.2) is 48.5 Å². The SMILES string of the molecule is COc1ccccc1OCC(=O)NC[C@@H](c1ccc(C)cc1)N1CCCC1. The Balaban J connectivity index is 1.57. The normalized spacial score (nSPS) is 15.3. The molecule has 1 N–H and O–H groups in total. The van der Waals surface area contributed by atoms with Crippen molar-refractivity contribution in [3.8, 4) is 11.5 Å². The lowest BCUT2D eigenvalue weighted by Crippen LogP contribution is -2.38. The first-order valence-corrected chi connectivity index (χ1v) is 9.50. The van der Waals surface area contributed by atoms with E-state index in [9.17, 15) is 4.79 Å². The highest BCUT2D eigenvalue weighted by atomic mass is 16.5. The molecule has 1 aliphatic heterocycles. The molecule has 5 heteroatoms. The summed E-state index contributed by atoms with van der Waals surface area (Å²) in [6.45, 7) is 4.79. The molecule has 1 atom stereocenters. The summed E-state index contributed by atoms with van der Waals surface area (Å²) in [7, 11) is 1.59. The van der Waals surface area contributed by atoms with Crippen LogP contribution in [0.25, 0.3) is 0 Å². The molecule has 1 aliphatic rings. The number of benzene rings is 2. The number of hydrogen-bond acceptors (Lipinski definition) is 4. The molecule has 2 aromatic rings. The number of carbonyl (C=O) groups excluding carboxylic acids is 1. The van der Waals surface area contributed by atoms with Crippen molar-refractivity contribution in [2.45, 2.75) is 25.8 Å². The molecule has 3 rings (SSSR count). The fourth-order valence-corrected chi connectivity index (χ4v) is 3.44. The van der Waals surface area contributed by atoms with E-state index in [0.717, 1.165) is 13.1 Å². The van der Waals surface area contributed by atoms with Gasteiger partial charge >= 0.3 is 0 Å². The molecule has 144 valence electrons. The highest BCUT2D eigenvalue weighted by molar-refractivity contribution is 5.77. The van der Waals surface area contributed by atoms with Crippen LogP contribution in [0.5, 0.6) is 11.5 Å². The maximum Gasteiger partial charge on any atom is 0.258 e. The van der Waals surface area contributed by atoms with Crippen LogP contribution < -0.4 is 14.8 Å². The van der Waals surface area contributed by atoms with E-state index in [-0.39, 0.29) is 18.6 Å². The van der Waals surface area contributed by atoms with Crippen molar-refractivity contribution in [1.29, 1.82) is 0 Å². The quantitative estimate of drug-likeness (QED) is 0.776. The van der Waals surface area contributed by atoms with Gasteiger partial charge < -0.3 is 14.8 Å². The Labute approximate surface area is 161 Å². The Hall–Kier alpha value is -2.53. The zero-order valence-electron chi connectivity index (χ0n) is 16.1. The Morgan fingerprint density at radius 3 is 2.41 bits per heavy atom. The molecular formula is C22H28N2O3. The lowest BCUT2D eigenvalue weighted by atomic mass is 10.0. The van der Waals surface area contributed by atoms with Crippen molar-refractivity contribution in [2.24, 2.45) is 0 Å². The molecule has 0 spiro atoms. The van der Waals surface area contributed by atoms with Crippen LogP contribution in [0.3, 0.4) is 0 Å². The van der Waals surface area contributed by atoms with Crippen molar-refractivity contribution in [1.82, 2.24) is 10.2 Å². The monoisotopic (exact) mass is 368 g/mol. The minimum Gasteiger partial charge on any atom is -0.493 e. The van der Waals surface area contributed by atoms with Gasteiger partial charge in [-0.1, -0.05) is 42.0 Å². The average Bonchev–Trinajstić information content (AvgIpc) is 3.22. The second-order valence-electron chi connectivity index (χ2n) is 6.91. The van der Waals surface area contributed by atoms with E-state index in [2.05, 4.69) is 41.4 Å². The van der Waals surface area contributed by atoms with Crippen molar-refractivity contribution >= 4 is 5.91 Å². The van der Waals surface area contributed by atoms with Gasteiger partial charge in [0.15, 0.2) is 18.1 Å². The van der Waals surface area contributed by atoms with Crippen molar-refractivity contribution in [3.63, 3.8) is 0 Å². The number of rotatable bonds is 8. The van der Waals surface area contributed by atoms with Crippen LogP contribution in [-0.4, -0.2) is 44.2 Å². The summed E-state index contributed by atoms with van der Waals surface area (Å²) in [5.74, 6) is 1.07. The number of nitrogens with one attached hydrogen (secondary N) is 1. The number of para-hydroxylation sites is 2. The van der Waals surface area contributed by atoms with Crippen molar-refractivity contribution in [3.05, 3.63) is 59.7 Å². The molecular weight excluding hydrogens is 340 g/mol. The maximum atomic E-state index is 12.3. The van der Waals surface area contributed by atoms with Gasteiger partial charge in [0.2, 0.25) is 0 Å². The van der Waals surface area contributed by atoms with E-state index in [1.165, 1.54) is 24.0 Å². The fraction of sp³-hybridized carbons (Fsp3) is 0.409. The Kier molecular flexibility index (Phi) is 6.71. The molecule has 0 aliphatic carbocycles. The van der Waals surface area contributed by atoms with Gasteiger partial charge in [-0.3, -0.25) is 9.69 Å². The minimum absolute atomic E-state index is 0.0268. The van der Waals surface area contributed by atoms with Gasteiger partial charge in [0.1, 0.15) is 0 Å². The predicted octanol–water partition coefficient (Wildman–Crippen LogP) is 3.34. The summed E-state index contributed by atoms with van der Waals surface area (Å²) in [5, 5.41) is 3.03. The number of hydrogen-bond donors (Lipinski definition) is 1. The number of ether oxygens (including phenoxy) is 2. The number of nitrogens with zero attached hydrogens (tertiary/aromatic N) is 1. The smallest absolute Gasteiger partial charge is 0.258 e. The van der Waals surface area contributed by atoms with Gasteiger partial charge in [-0.2, -0.15) is 0 Å². The number of methoxy groups -OCH3 is 1. The lowest BCUT2D eigenvalue weighted by molar-refractivity contribution is -0.123. The van der Waals surface area contributed by atoms with Crippen LogP contribution in [0.2, 0.25) is 0 Å². The van der Waals surface area contributed by atoms with Gasteiger partial charge in [-0.15, -0.1) is 0 Å². The Bertz CT molecular complexity index is 739. The largest absolute Gasteiger partial charge is 0.493 e. The number of likely N-dealkylation sites (tertiary alicyclic amines) is 1. The summed E-state index contributed by atoms with van der Waals surface area (Å²) in [4.78, 5) is 14.8. The molecule has 0 unspecified atom stereocenters. The number of amides is 1. The van der Waals surface area contributed by atoms with Gasteiger partial charge in [-0.05, 0) is 50.6 Å². The van der Waals surface area contributed by atoms with Crippen LogP contribution in [-0.2, 0) is 4.79 Å². The van der Waals surface area contributed by atoms with E-state index in [1.54, 1.807) is 13.2 Å². The standard InChI is InChI=1S/C22H28N2O3/c1-17-9-11-18(12-10-17)19(24-13-5-6-14-24)15-23-22(25)16-27-21-8-4-3-7-20(21)26-2/h3-4,7-12,19H,5-6,13-16H2,1-2H3,(H,23,25)/t19-/m0/s1. The number of aryl methyl sites for hydroxylation is 1. The lowest BCUT2D eigenvalue weighted by Gasteiger charge is -2.28. The summed E-state index contributed by atoms with van der Waals surface area (Å²) >= 11 is 0. The summed E-state index contributed by atoms with van der Waals surface area (Å²) in [6, 6.07) is 16.1. The van der Waals surface area contributed by atoms with Crippen molar-refractivity contribution < 1.29 is 14.3 Å². The summed E-state index contributed by atoms with van der Waals surface area (Å²) in [6.07, 6.45) is 2.43. The predicted molar refractivity (Wildman–Crippen MR) is 106 cm³/mol. The Morgan fingerprint density at radius 2 is 1.74 bits per heavy atom. The van der Waals surface area contributed by atoms with E-state index in [1.807, 2.05) is 18.2 Å². The molecule has 1 fully saturated rings. The molecule has 0 saturated carbocycles. The van der Waals surface area contributed by atoms with Crippen LogP contribution in [0.4, 0.5) is 0 Å². The van der Waals surface area contributed by atoms with Gasteiger partial charge in [0.25, 0.3) is 5.91 Å². The van der Waals surface area contributed by atoms with Crippen LogP contribution >= 0.6 is 0 Å². The Morgan fingerprint density at radius 1 is 1.07 bits per heavy atom. The fourth-order valence-electron chi connectivity index (χ4n) is 3.44. The zero-order chi connectivity index (χ0) is 19.1. The first kappa shape index (κ1) is 19.2. The first-order chi connectivity index (χ1) is 13.2. The van der Waals surface area contributed by atoms with E-state index in [4.69, 9.17) is 9.47 Å². The van der Waals surface area contributed by atoms with Crippen LogP contribution in [0, 0.1) is 6.92 Å². The number of carbonyl (C=O) groups is 1. The van der Waals surface area contributed by atoms with E-state index in [0.29, 0.717) is 18.0 Å². The van der Waals surface area contributed by atoms with Crippen LogP contribution in [0.1, 0.15) is 30.0 Å². The molecule has 1 heterocycles. The molecule has 0 bridgehead atoms. The zero-order valence-corrected chi connectivity index (χ0v) is 16.1. The van der Waals surface area contributed by atoms with Gasteiger partial charge in [0, 0.05) is 6.54 Å². The second kappa shape index (κ2) is 9.42. The highest BCUT2D eigenvalue weighted by Crippen LogP contribution is 2.26. The minimum atomic E-state index is -0.128. The molecule has 0 radical (unpaired) electrons. The molecule has 1 saturated heterocycles. The highest BCUT2D eigenvalue weighted by Gasteiger charge is 2.24. The van der Waals surface area contributed by atoms with Gasteiger partial charge in [-0.25, -0.2) is 0 Å². The second-order valence-corrected chi connectivity index (χ2v) is 6.91. The topological polar surface area (TPSA) is 50.8 Å². The summed E-state index contributed by atoms with van der Waals surface area (Å²) < 4.78 is 10.9. The average molecular weight is 368 g/mol. The molecule has 5 nitrogen and oxygen atoms in total. The maximum absolute atomic E-state index is 12.3. The van der Waals surface area contributed by atoms with Crippen molar-refractivity contribution in [2.75, 3.05) is 33.4 Å². The molecule has 2 aromatic carbocycles. The van der Waals surface area contributed by atoms with Gasteiger partial charge in [0.05, 0.1) is 13.2 Å².